The fraction of sp³-hybridized carbons (Fsp3) is 0.235. The summed E-state index contributed by atoms with van der Waals surface area (Å²) in [5.74, 6) is 0.728. The predicted molar refractivity (Wildman–Crippen MR) is 87.4 cm³/mol. The van der Waals surface area contributed by atoms with Gasteiger partial charge in [-0.05, 0) is 42.3 Å². The number of hydrogen-bond donors (Lipinski definition) is 1. The van der Waals surface area contributed by atoms with Crippen molar-refractivity contribution in [2.75, 3.05) is 11.1 Å². The average Bonchev–Trinajstić information content (AvgIpc) is 2.49. The molecule has 23 heavy (non-hydrogen) atoms. The van der Waals surface area contributed by atoms with E-state index in [0.717, 1.165) is 12.1 Å². The van der Waals surface area contributed by atoms with Crippen molar-refractivity contribution in [3.05, 3.63) is 65.2 Å². The van der Waals surface area contributed by atoms with E-state index in [2.05, 4.69) is 5.32 Å². The molecule has 0 bridgehead atoms. The monoisotopic (exact) mass is 339 g/mol. The van der Waals surface area contributed by atoms with Gasteiger partial charge in [0.15, 0.2) is 0 Å². The maximum Gasteiger partial charge on any atom is 0.416 e. The third-order valence-electron chi connectivity index (χ3n) is 3.25. The van der Waals surface area contributed by atoms with E-state index >= 15 is 0 Å². The molecule has 0 spiro atoms. The third kappa shape index (κ3) is 5.32. The summed E-state index contributed by atoms with van der Waals surface area (Å²) in [4.78, 5) is 11.8. The summed E-state index contributed by atoms with van der Waals surface area (Å²) in [5, 5.41) is 2.59. The molecule has 122 valence electrons. The van der Waals surface area contributed by atoms with E-state index in [1.165, 1.54) is 35.0 Å². The Morgan fingerprint density at radius 2 is 1.74 bits per heavy atom. The van der Waals surface area contributed by atoms with E-state index in [0.29, 0.717) is 11.4 Å². The first-order valence-electron chi connectivity index (χ1n) is 6.95. The van der Waals surface area contributed by atoms with E-state index in [9.17, 15) is 18.0 Å². The minimum Gasteiger partial charge on any atom is -0.325 e. The quantitative estimate of drug-likeness (QED) is 0.841. The molecule has 6 heteroatoms. The highest BCUT2D eigenvalue weighted by Gasteiger charge is 2.29. The zero-order valence-electron chi connectivity index (χ0n) is 12.5. The fourth-order valence-corrected chi connectivity index (χ4v) is 2.87. The molecule has 2 nitrogen and oxygen atoms in total. The topological polar surface area (TPSA) is 29.1 Å². The summed E-state index contributed by atoms with van der Waals surface area (Å²) in [6.45, 7) is 2.01. The second-order valence-electron chi connectivity index (χ2n) is 5.04. The lowest BCUT2D eigenvalue weighted by molar-refractivity contribution is -0.137. The molecule has 0 aliphatic carbocycles. The van der Waals surface area contributed by atoms with Gasteiger partial charge in [-0.25, -0.2) is 0 Å². The number of carbonyl (C=O) groups is 1. The van der Waals surface area contributed by atoms with Gasteiger partial charge in [-0.2, -0.15) is 13.2 Å². The number of carbonyl (C=O) groups excluding carboxylic acids is 1. The van der Waals surface area contributed by atoms with Gasteiger partial charge in [0.05, 0.1) is 11.3 Å². The van der Waals surface area contributed by atoms with Gasteiger partial charge in [0.25, 0.3) is 0 Å². The molecule has 1 N–H and O–H groups in total. The van der Waals surface area contributed by atoms with Crippen LogP contribution in [0.3, 0.4) is 0 Å². The Hall–Kier alpha value is -1.95. The van der Waals surface area contributed by atoms with E-state index in [-0.39, 0.29) is 11.7 Å². The van der Waals surface area contributed by atoms with Crippen LogP contribution in [0.4, 0.5) is 18.9 Å². The summed E-state index contributed by atoms with van der Waals surface area (Å²) < 4.78 is 37.4. The molecule has 0 unspecified atom stereocenters. The Morgan fingerprint density at radius 3 is 2.35 bits per heavy atom. The van der Waals surface area contributed by atoms with Crippen LogP contribution < -0.4 is 5.32 Å². The van der Waals surface area contributed by atoms with Crippen LogP contribution in [0, 0.1) is 6.92 Å². The van der Waals surface area contributed by atoms with Crippen molar-refractivity contribution >= 4 is 23.4 Å². The highest BCUT2D eigenvalue weighted by Crippen LogP contribution is 2.29. The summed E-state index contributed by atoms with van der Waals surface area (Å²) in [6.07, 6.45) is -4.37. The summed E-state index contributed by atoms with van der Waals surface area (Å²) in [7, 11) is 0. The number of benzene rings is 2. The maximum absolute atomic E-state index is 12.5. The molecule has 0 aliphatic rings. The first-order chi connectivity index (χ1) is 10.9. The van der Waals surface area contributed by atoms with E-state index < -0.39 is 11.7 Å². The Balaban J connectivity index is 1.82. The lowest BCUT2D eigenvalue weighted by atomic mass is 10.1. The van der Waals surface area contributed by atoms with E-state index in [4.69, 9.17) is 0 Å². The number of anilines is 1. The lowest BCUT2D eigenvalue weighted by Crippen LogP contribution is -2.14. The molecule has 1 amide bonds. The van der Waals surface area contributed by atoms with Crippen LogP contribution in [-0.4, -0.2) is 11.7 Å². The van der Waals surface area contributed by atoms with Crippen molar-refractivity contribution in [3.63, 3.8) is 0 Å². The standard InChI is InChI=1S/C17H16F3NOS/c1-12-4-2-3-5-13(12)10-23-11-16(22)21-15-8-6-14(7-9-15)17(18,19)20/h2-9H,10-11H2,1H3,(H,21,22). The van der Waals surface area contributed by atoms with Crippen molar-refractivity contribution in [3.8, 4) is 0 Å². The maximum atomic E-state index is 12.5. The van der Waals surface area contributed by atoms with Crippen LogP contribution in [0.25, 0.3) is 0 Å². The Kier molecular flexibility index (Phi) is 5.71. The van der Waals surface area contributed by atoms with E-state index in [1.54, 1.807) is 0 Å². The van der Waals surface area contributed by atoms with Crippen LogP contribution in [0.15, 0.2) is 48.5 Å². The minimum atomic E-state index is -4.37. The SMILES string of the molecule is Cc1ccccc1CSCC(=O)Nc1ccc(C(F)(F)F)cc1. The van der Waals surface area contributed by atoms with Crippen LogP contribution >= 0.6 is 11.8 Å². The average molecular weight is 339 g/mol. The third-order valence-corrected chi connectivity index (χ3v) is 4.23. The second-order valence-corrected chi connectivity index (χ2v) is 6.03. The molecule has 2 aromatic carbocycles. The summed E-state index contributed by atoms with van der Waals surface area (Å²) >= 11 is 1.46. The summed E-state index contributed by atoms with van der Waals surface area (Å²) in [6, 6.07) is 12.4. The smallest absolute Gasteiger partial charge is 0.325 e. The molecular formula is C17H16F3NOS. The first-order valence-corrected chi connectivity index (χ1v) is 8.11. The molecular weight excluding hydrogens is 323 g/mol. The largest absolute Gasteiger partial charge is 0.416 e. The number of alkyl halides is 3. The van der Waals surface area contributed by atoms with Gasteiger partial charge in [0.2, 0.25) is 5.91 Å². The number of rotatable bonds is 5. The van der Waals surface area contributed by atoms with E-state index in [1.807, 2.05) is 31.2 Å². The van der Waals surface area contributed by atoms with Crippen LogP contribution in [0.1, 0.15) is 16.7 Å². The minimum absolute atomic E-state index is 0.233. The molecule has 0 saturated heterocycles. The molecule has 0 aromatic heterocycles. The zero-order valence-corrected chi connectivity index (χ0v) is 13.3. The number of amides is 1. The van der Waals surface area contributed by atoms with Gasteiger partial charge in [0.1, 0.15) is 0 Å². The molecule has 0 fully saturated rings. The fourth-order valence-electron chi connectivity index (χ4n) is 1.97. The van der Waals surface area contributed by atoms with Crippen molar-refractivity contribution in [2.24, 2.45) is 0 Å². The van der Waals surface area contributed by atoms with Gasteiger partial charge < -0.3 is 5.32 Å². The molecule has 2 rings (SSSR count). The molecule has 0 saturated carbocycles. The number of halogens is 3. The van der Waals surface area contributed by atoms with Crippen LogP contribution in [-0.2, 0) is 16.7 Å². The molecule has 0 radical (unpaired) electrons. The van der Waals surface area contributed by atoms with Crippen molar-refractivity contribution in [1.29, 1.82) is 0 Å². The van der Waals surface area contributed by atoms with Gasteiger partial charge >= 0.3 is 6.18 Å². The van der Waals surface area contributed by atoms with Gasteiger partial charge in [0, 0.05) is 11.4 Å². The Bertz CT molecular complexity index is 668. The Labute approximate surface area is 137 Å². The Morgan fingerprint density at radius 1 is 1.09 bits per heavy atom. The molecule has 2 aromatic rings. The molecule has 0 aliphatic heterocycles. The van der Waals surface area contributed by atoms with Crippen molar-refractivity contribution in [1.82, 2.24) is 0 Å². The van der Waals surface area contributed by atoms with Crippen LogP contribution in [0.2, 0.25) is 0 Å². The van der Waals surface area contributed by atoms with Crippen molar-refractivity contribution in [2.45, 2.75) is 18.9 Å². The second kappa shape index (κ2) is 7.55. The van der Waals surface area contributed by atoms with Gasteiger partial charge in [-0.15, -0.1) is 11.8 Å². The lowest BCUT2D eigenvalue weighted by Gasteiger charge is -2.09. The normalized spacial score (nSPS) is 11.3. The molecule has 0 atom stereocenters. The number of nitrogens with one attached hydrogen (secondary N) is 1. The van der Waals surface area contributed by atoms with Crippen molar-refractivity contribution < 1.29 is 18.0 Å². The van der Waals surface area contributed by atoms with Crippen LogP contribution in [0.5, 0.6) is 0 Å². The summed E-state index contributed by atoms with van der Waals surface area (Å²) in [5.41, 5.74) is 1.96. The first kappa shape index (κ1) is 17.4. The number of aryl methyl sites for hydroxylation is 1. The van der Waals surface area contributed by atoms with Gasteiger partial charge in [-0.3, -0.25) is 4.79 Å². The van der Waals surface area contributed by atoms with Gasteiger partial charge in [-0.1, -0.05) is 24.3 Å². The predicted octanol–water partition coefficient (Wildman–Crippen LogP) is 4.89. The highest BCUT2D eigenvalue weighted by atomic mass is 32.2. The highest BCUT2D eigenvalue weighted by molar-refractivity contribution is 7.99. The number of hydrogen-bond acceptors (Lipinski definition) is 2. The number of thioether (sulfide) groups is 1. The molecule has 0 heterocycles. The zero-order chi connectivity index (χ0) is 16.9.